The smallest absolute Gasteiger partial charge is 0.358 e. The second-order valence-corrected chi connectivity index (χ2v) is 24.3. The number of amides is 1. The van der Waals surface area contributed by atoms with E-state index in [4.69, 9.17) is 10.8 Å². The van der Waals surface area contributed by atoms with E-state index in [1.54, 1.807) is 0 Å². The van der Waals surface area contributed by atoms with Crippen LogP contribution in [0.5, 0.6) is 0 Å². The van der Waals surface area contributed by atoms with Gasteiger partial charge in [-0.05, 0) is 198 Å². The van der Waals surface area contributed by atoms with E-state index in [1.807, 2.05) is 13.8 Å². The first-order valence-corrected chi connectivity index (χ1v) is 24.9. The number of aromatic carboxylic acids is 1. The first-order valence-electron chi connectivity index (χ1n) is 24.9. The topological polar surface area (TPSA) is 216 Å². The summed E-state index contributed by atoms with van der Waals surface area (Å²) in [4.78, 5) is 49.0. The normalized spacial score (nSPS) is 44.2. The zero-order valence-electron chi connectivity index (χ0n) is 39.3. The highest BCUT2D eigenvalue weighted by Gasteiger charge is 2.63. The second kappa shape index (κ2) is 17.8. The number of hydrogen-bond donors (Lipinski definition) is 4. The molecule has 368 valence electrons. The highest BCUT2D eigenvalue weighted by Crippen LogP contribution is 2.70. The van der Waals surface area contributed by atoms with Crippen LogP contribution in [0, 0.1) is 80.8 Å². The number of carbonyl (C=O) groups excluding carboxylic acids is 3. The van der Waals surface area contributed by atoms with Crippen molar-refractivity contribution in [3.8, 4) is 0 Å². The highest BCUT2D eigenvalue weighted by atomic mass is 16.4. The second-order valence-electron chi connectivity index (χ2n) is 24.3. The number of primary amides is 1. The van der Waals surface area contributed by atoms with E-state index in [2.05, 4.69) is 48.3 Å². The lowest BCUT2D eigenvalue weighted by atomic mass is 9.44. The van der Waals surface area contributed by atoms with E-state index in [-0.39, 0.29) is 73.6 Å². The van der Waals surface area contributed by atoms with Gasteiger partial charge in [-0.25, -0.2) is 14.2 Å². The van der Waals surface area contributed by atoms with Crippen LogP contribution in [0.15, 0.2) is 12.4 Å². The summed E-state index contributed by atoms with van der Waals surface area (Å²) in [7, 11) is 0. The molecule has 8 aliphatic carbocycles. The summed E-state index contributed by atoms with van der Waals surface area (Å²) in [6.45, 7) is 14.0. The van der Waals surface area contributed by atoms with E-state index in [0.717, 1.165) is 83.0 Å². The monoisotopic (exact) mass is 918 g/mol. The van der Waals surface area contributed by atoms with Gasteiger partial charge in [0.2, 0.25) is 0 Å². The Balaban J connectivity index is 0.000000191. The number of nitrogens with zero attached hydrogens (tertiary/aromatic N) is 6. The number of fused-ring (bicyclic) bond motifs is 10. The quantitative estimate of drug-likeness (QED) is 0.197. The number of hydrogen-bond acceptors (Lipinski definition) is 10. The molecule has 14 nitrogen and oxygen atoms in total. The molecule has 8 aliphatic rings. The minimum absolute atomic E-state index is 0. The van der Waals surface area contributed by atoms with Crippen molar-refractivity contribution in [2.75, 3.05) is 0 Å². The average Bonchev–Trinajstić information content (AvgIpc) is 4.04. The number of aliphatic hydroxyl groups is 2. The Morgan fingerprint density at radius 3 is 1.33 bits per heavy atom. The molecule has 66 heavy (non-hydrogen) atoms. The maximum absolute atomic E-state index is 13.3. The van der Waals surface area contributed by atoms with Crippen LogP contribution in [0.2, 0.25) is 0 Å². The fourth-order valence-electron chi connectivity index (χ4n) is 17.4. The number of nitrogens with two attached hydrogens (primary N) is 1. The third kappa shape index (κ3) is 8.52. The van der Waals surface area contributed by atoms with Gasteiger partial charge in [0, 0.05) is 11.8 Å². The lowest BCUT2D eigenvalue weighted by Crippen LogP contribution is -2.55. The molecule has 0 radical (unpaired) electrons. The van der Waals surface area contributed by atoms with Gasteiger partial charge < -0.3 is 21.1 Å². The van der Waals surface area contributed by atoms with Crippen LogP contribution in [-0.2, 0) is 22.7 Å². The first kappa shape index (κ1) is 50.4. The van der Waals surface area contributed by atoms with Crippen molar-refractivity contribution in [3.05, 3.63) is 23.8 Å². The molecular formula is C52H83N7O7. The molecule has 5 N–H and O–H groups in total. The zero-order chi connectivity index (χ0) is 45.8. The van der Waals surface area contributed by atoms with Gasteiger partial charge in [-0.3, -0.25) is 14.4 Å². The molecule has 14 heteroatoms. The van der Waals surface area contributed by atoms with Crippen molar-refractivity contribution in [1.29, 1.82) is 0 Å². The van der Waals surface area contributed by atoms with Gasteiger partial charge >= 0.3 is 5.97 Å². The van der Waals surface area contributed by atoms with Crippen molar-refractivity contribution in [1.82, 2.24) is 30.0 Å². The van der Waals surface area contributed by atoms with Gasteiger partial charge in [0.25, 0.3) is 5.91 Å². The molecule has 0 bridgehead atoms. The number of carbonyl (C=O) groups is 4. The molecular weight excluding hydrogens is 835 g/mol. The highest BCUT2D eigenvalue weighted by molar-refractivity contribution is 5.90. The molecule has 0 aliphatic heterocycles. The van der Waals surface area contributed by atoms with Crippen LogP contribution in [0.25, 0.3) is 0 Å². The number of carboxylic acid groups (broad SMARTS) is 1. The van der Waals surface area contributed by atoms with Crippen LogP contribution in [0.3, 0.4) is 0 Å². The molecule has 0 unspecified atom stereocenters. The van der Waals surface area contributed by atoms with Gasteiger partial charge in [0.15, 0.2) is 23.0 Å². The van der Waals surface area contributed by atoms with Gasteiger partial charge in [-0.1, -0.05) is 53.0 Å². The van der Waals surface area contributed by atoms with E-state index in [0.29, 0.717) is 52.3 Å². The summed E-state index contributed by atoms with van der Waals surface area (Å²) in [5.41, 5.74) is 4.98. The Hall–Kier alpha value is -3.52. The van der Waals surface area contributed by atoms with Crippen molar-refractivity contribution >= 4 is 23.4 Å². The first-order chi connectivity index (χ1) is 30.1. The fourth-order valence-corrected chi connectivity index (χ4v) is 17.4. The fraction of sp³-hybridized carbons (Fsp3) is 0.846. The predicted octanol–water partition coefficient (Wildman–Crippen LogP) is 8.58. The molecule has 0 saturated heterocycles. The van der Waals surface area contributed by atoms with Crippen molar-refractivity contribution in [2.45, 2.75) is 196 Å². The van der Waals surface area contributed by atoms with Crippen LogP contribution in [0.1, 0.15) is 193 Å². The Labute approximate surface area is 393 Å². The van der Waals surface area contributed by atoms with Gasteiger partial charge in [0.1, 0.15) is 13.1 Å². The lowest BCUT2D eigenvalue weighted by molar-refractivity contribution is -0.151. The van der Waals surface area contributed by atoms with E-state index in [1.165, 1.54) is 60.3 Å². The Morgan fingerprint density at radius 2 is 0.955 bits per heavy atom. The summed E-state index contributed by atoms with van der Waals surface area (Å²) in [6, 6.07) is 0. The summed E-state index contributed by atoms with van der Waals surface area (Å²) in [5, 5.41) is 45.6. The van der Waals surface area contributed by atoms with Crippen molar-refractivity contribution in [2.24, 2.45) is 86.6 Å². The summed E-state index contributed by atoms with van der Waals surface area (Å²) in [5.74, 6) is 3.94. The van der Waals surface area contributed by atoms with Crippen molar-refractivity contribution < 1.29 is 34.5 Å². The summed E-state index contributed by atoms with van der Waals surface area (Å²) in [6.07, 6.45) is 22.4. The Morgan fingerprint density at radius 1 is 0.561 bits per heavy atom. The summed E-state index contributed by atoms with van der Waals surface area (Å²) < 4.78 is 2.85. The van der Waals surface area contributed by atoms with Gasteiger partial charge in [-0.15, -0.1) is 10.2 Å². The molecule has 10 rings (SSSR count). The molecule has 2 heterocycles. The minimum atomic E-state index is -1.12. The maximum atomic E-state index is 13.3. The van der Waals surface area contributed by atoms with Crippen LogP contribution < -0.4 is 5.73 Å². The van der Waals surface area contributed by atoms with Crippen molar-refractivity contribution in [3.63, 3.8) is 0 Å². The zero-order valence-corrected chi connectivity index (χ0v) is 39.3. The van der Waals surface area contributed by atoms with Crippen LogP contribution in [0.4, 0.5) is 0 Å². The number of ketones is 2. The largest absolute Gasteiger partial charge is 0.476 e. The number of Topliss-reactive ketones (excluding diaryl/α,β-unsaturated/α-hetero) is 2. The maximum Gasteiger partial charge on any atom is 0.358 e. The number of aromatic nitrogens is 6. The Kier molecular flexibility index (Phi) is 13.6. The average molecular weight is 918 g/mol. The van der Waals surface area contributed by atoms with Crippen LogP contribution >= 0.6 is 0 Å². The van der Waals surface area contributed by atoms with E-state index >= 15 is 0 Å². The minimum Gasteiger partial charge on any atom is -0.476 e. The molecule has 2 aromatic heterocycles. The third-order valence-corrected chi connectivity index (χ3v) is 20.9. The Bertz CT molecular complexity index is 2000. The SMILES string of the molecule is C.C.C[C@@]1(O)CC[C@@]2(C)[C@H](CC[C@@H]3[C@@H]2CC[C@]2(C)[C@@H](C(=O)Cn4cc(C(=O)O)nn4)CC[C@@H]32)C1.C[C@@]1(O)CC[C@@]2(C)[C@H](CC[C@@H]3[C@@H]2CC[C@]2(C)[C@@H](C(=O)Cn4cc(C(N)=O)nn4)CC[C@@H]32)C1. The van der Waals surface area contributed by atoms with Gasteiger partial charge in [0.05, 0.1) is 23.6 Å². The molecule has 16 atom stereocenters. The lowest BCUT2D eigenvalue weighted by Gasteiger charge is -2.61. The van der Waals surface area contributed by atoms with Gasteiger partial charge in [-0.2, -0.15) is 0 Å². The van der Waals surface area contributed by atoms with E-state index in [9.17, 15) is 29.4 Å². The molecule has 0 aromatic carbocycles. The summed E-state index contributed by atoms with van der Waals surface area (Å²) >= 11 is 0. The molecule has 0 spiro atoms. The molecule has 8 fully saturated rings. The molecule has 1 amide bonds. The predicted molar refractivity (Wildman–Crippen MR) is 251 cm³/mol. The standard InChI is InChI=1S/C25H38N4O3.C25H37N3O4.2CH4/c1-23(32)10-11-24(2)15(12-23)4-5-16-17-6-7-19(25(17,3)9-8-18(16)24)21(30)14-29-13-20(22(26)31)27-28-29;1-23(32)10-11-24(2)15(12-23)4-5-16-17-6-7-19(25(17,3)9-8-18(16)24)21(29)14-28-13-20(22(30)31)26-27-28;;/h13,15-19,32H,4-12,14H2,1-3H3,(H2,26,31);13,15-19,32H,4-12,14H2,1-3H3,(H,30,31);2*1H4/t2*15-,16+,17+,18+,19-,23-,24+,25+;;/m11../s1. The van der Waals surface area contributed by atoms with E-state index < -0.39 is 23.1 Å². The third-order valence-electron chi connectivity index (χ3n) is 20.9. The molecule has 8 saturated carbocycles. The number of rotatable bonds is 8. The van der Waals surface area contributed by atoms with Crippen LogP contribution in [-0.4, -0.2) is 80.0 Å². The number of carboxylic acids is 1. The molecule has 2 aromatic rings.